The summed E-state index contributed by atoms with van der Waals surface area (Å²) in [4.78, 5) is 16.6. The summed E-state index contributed by atoms with van der Waals surface area (Å²) in [7, 11) is 0. The third-order valence-corrected chi connectivity index (χ3v) is 5.33. The zero-order valence-electron chi connectivity index (χ0n) is 13.8. The Morgan fingerprint density at radius 1 is 1.46 bits per heavy atom. The number of amides is 1. The van der Waals surface area contributed by atoms with E-state index in [9.17, 15) is 9.18 Å². The minimum absolute atomic E-state index is 0.0538. The quantitative estimate of drug-likeness (QED) is 0.606. The van der Waals surface area contributed by atoms with Crippen molar-refractivity contribution in [1.29, 1.82) is 0 Å². The second kappa shape index (κ2) is 8.15. The van der Waals surface area contributed by atoms with Crippen LogP contribution in [0.3, 0.4) is 0 Å². The minimum atomic E-state index is -0.541. The molecule has 136 valence electrons. The van der Waals surface area contributed by atoms with Crippen LogP contribution in [0.1, 0.15) is 23.5 Å². The molecule has 26 heavy (non-hydrogen) atoms. The predicted octanol–water partition coefficient (Wildman–Crippen LogP) is 4.34. The van der Waals surface area contributed by atoms with Gasteiger partial charge in [-0.05, 0) is 32.0 Å². The lowest BCUT2D eigenvalue weighted by molar-refractivity contribution is -0.115. The molecule has 3 aromatic rings. The summed E-state index contributed by atoms with van der Waals surface area (Å²) in [6, 6.07) is 3.99. The first-order valence-electron chi connectivity index (χ1n) is 7.56. The number of aryl methyl sites for hydroxylation is 1. The van der Waals surface area contributed by atoms with Crippen LogP contribution in [0, 0.1) is 12.7 Å². The van der Waals surface area contributed by atoms with Gasteiger partial charge in [-0.2, -0.15) is 0 Å². The maximum Gasteiger partial charge on any atom is 0.277 e. The van der Waals surface area contributed by atoms with E-state index >= 15 is 0 Å². The van der Waals surface area contributed by atoms with Gasteiger partial charge in [-0.15, -0.1) is 21.5 Å². The molecule has 0 unspecified atom stereocenters. The van der Waals surface area contributed by atoms with Crippen molar-refractivity contribution in [3.8, 4) is 0 Å². The molecule has 0 bridgehead atoms. The van der Waals surface area contributed by atoms with Gasteiger partial charge >= 0.3 is 0 Å². The van der Waals surface area contributed by atoms with Crippen LogP contribution >= 0.6 is 34.7 Å². The van der Waals surface area contributed by atoms with Crippen molar-refractivity contribution in [2.45, 2.75) is 30.7 Å². The highest BCUT2D eigenvalue weighted by molar-refractivity contribution is 8.00. The molecule has 0 spiro atoms. The van der Waals surface area contributed by atoms with Gasteiger partial charge in [0.1, 0.15) is 5.82 Å². The monoisotopic (exact) mass is 412 g/mol. The Kier molecular flexibility index (Phi) is 5.90. The van der Waals surface area contributed by atoms with Gasteiger partial charge in [0.2, 0.25) is 11.8 Å². The Labute approximate surface area is 162 Å². The molecule has 1 N–H and O–H groups in total. The third kappa shape index (κ3) is 4.80. The molecule has 1 atom stereocenters. The number of carbonyl (C=O) groups excluding carboxylic acids is 1. The van der Waals surface area contributed by atoms with Gasteiger partial charge in [0.25, 0.3) is 5.22 Å². The molecular formula is C16H14ClFN4O2S2. The first-order chi connectivity index (χ1) is 12.4. The Morgan fingerprint density at radius 3 is 2.96 bits per heavy atom. The molecule has 1 amide bonds. The van der Waals surface area contributed by atoms with E-state index in [4.69, 9.17) is 16.0 Å². The Bertz CT molecular complexity index is 931. The van der Waals surface area contributed by atoms with Crippen LogP contribution in [0.2, 0.25) is 5.02 Å². The molecule has 2 heterocycles. The number of carbonyl (C=O) groups is 1. The number of thioether (sulfide) groups is 1. The molecule has 2 aromatic heterocycles. The summed E-state index contributed by atoms with van der Waals surface area (Å²) in [5.41, 5.74) is 1.28. The van der Waals surface area contributed by atoms with Crippen LogP contribution in [0.5, 0.6) is 0 Å². The molecule has 0 saturated carbocycles. The van der Waals surface area contributed by atoms with Crippen molar-refractivity contribution < 1.29 is 13.6 Å². The number of anilines is 1. The van der Waals surface area contributed by atoms with E-state index < -0.39 is 11.1 Å². The lowest BCUT2D eigenvalue weighted by Crippen LogP contribution is -2.22. The summed E-state index contributed by atoms with van der Waals surface area (Å²) in [5.74, 6) is -0.385. The van der Waals surface area contributed by atoms with Gasteiger partial charge in [-0.3, -0.25) is 4.79 Å². The van der Waals surface area contributed by atoms with E-state index in [2.05, 4.69) is 20.5 Å². The molecule has 0 aliphatic heterocycles. The van der Waals surface area contributed by atoms with E-state index in [1.54, 1.807) is 18.3 Å². The minimum Gasteiger partial charge on any atom is -0.416 e. The van der Waals surface area contributed by atoms with Gasteiger partial charge in [-0.25, -0.2) is 9.37 Å². The largest absolute Gasteiger partial charge is 0.416 e. The molecule has 1 aromatic carbocycles. The van der Waals surface area contributed by atoms with Crippen LogP contribution < -0.4 is 5.32 Å². The summed E-state index contributed by atoms with van der Waals surface area (Å²) in [6.45, 7) is 3.64. The second-order valence-electron chi connectivity index (χ2n) is 5.37. The first-order valence-corrected chi connectivity index (χ1v) is 9.70. The van der Waals surface area contributed by atoms with Crippen LogP contribution in [0.25, 0.3) is 0 Å². The normalized spacial score (nSPS) is 12.2. The SMILES string of the molecule is Cc1nc(Cc2nnc(S[C@@H](C)C(=O)Nc3ccc(F)c(Cl)c3)o2)cs1. The lowest BCUT2D eigenvalue weighted by Gasteiger charge is -2.10. The fraction of sp³-hybridized carbons (Fsp3) is 0.250. The Hall–Kier alpha value is -1.97. The van der Waals surface area contributed by atoms with Crippen molar-refractivity contribution in [3.05, 3.63) is 51.0 Å². The van der Waals surface area contributed by atoms with Crippen LogP contribution in [-0.4, -0.2) is 26.3 Å². The van der Waals surface area contributed by atoms with Gasteiger partial charge in [0.05, 0.1) is 27.4 Å². The standard InChI is InChI=1S/C16H14ClFN4O2S2/c1-8(15(23)20-10-3-4-13(18)12(17)5-10)26-16-22-21-14(24-16)6-11-7-25-9(2)19-11/h3-5,7-8H,6H2,1-2H3,(H,20,23)/t8-/m0/s1. The summed E-state index contributed by atoms with van der Waals surface area (Å²) in [6.07, 6.45) is 0.451. The van der Waals surface area contributed by atoms with E-state index in [0.717, 1.165) is 22.5 Å². The van der Waals surface area contributed by atoms with Crippen molar-refractivity contribution in [3.63, 3.8) is 0 Å². The number of aromatic nitrogens is 3. The highest BCUT2D eigenvalue weighted by Crippen LogP contribution is 2.25. The maximum atomic E-state index is 13.2. The molecule has 0 radical (unpaired) electrons. The summed E-state index contributed by atoms with van der Waals surface area (Å²) < 4.78 is 18.7. The van der Waals surface area contributed by atoms with Gasteiger partial charge in [0, 0.05) is 11.1 Å². The van der Waals surface area contributed by atoms with Crippen molar-refractivity contribution in [2.24, 2.45) is 0 Å². The van der Waals surface area contributed by atoms with Crippen LogP contribution in [-0.2, 0) is 11.2 Å². The van der Waals surface area contributed by atoms with Gasteiger partial charge in [0.15, 0.2) is 0 Å². The number of thiazole rings is 1. The lowest BCUT2D eigenvalue weighted by atomic mass is 10.3. The van der Waals surface area contributed by atoms with Crippen molar-refractivity contribution in [2.75, 3.05) is 5.32 Å². The fourth-order valence-corrected chi connectivity index (χ4v) is 3.52. The number of benzene rings is 1. The van der Waals surface area contributed by atoms with Gasteiger partial charge < -0.3 is 9.73 Å². The smallest absolute Gasteiger partial charge is 0.277 e. The second-order valence-corrected chi connectivity index (χ2v) is 8.14. The average molecular weight is 413 g/mol. The van der Waals surface area contributed by atoms with E-state index in [1.165, 1.54) is 18.2 Å². The molecule has 0 saturated heterocycles. The number of nitrogens with one attached hydrogen (secondary N) is 1. The van der Waals surface area contributed by atoms with Crippen LogP contribution in [0.15, 0.2) is 33.2 Å². The highest BCUT2D eigenvalue weighted by Gasteiger charge is 2.19. The molecule has 3 rings (SSSR count). The fourth-order valence-electron chi connectivity index (χ4n) is 2.02. The molecular weight excluding hydrogens is 399 g/mol. The molecule has 0 aliphatic carbocycles. The number of halogens is 2. The highest BCUT2D eigenvalue weighted by atomic mass is 35.5. The number of rotatable bonds is 6. The molecule has 0 aliphatic rings. The Balaban J connectivity index is 1.57. The topological polar surface area (TPSA) is 80.9 Å². The Morgan fingerprint density at radius 2 is 2.27 bits per heavy atom. The van der Waals surface area contributed by atoms with E-state index in [0.29, 0.717) is 23.2 Å². The maximum absolute atomic E-state index is 13.2. The zero-order valence-corrected chi connectivity index (χ0v) is 16.2. The van der Waals surface area contributed by atoms with Gasteiger partial charge in [-0.1, -0.05) is 23.4 Å². The number of hydrogen-bond donors (Lipinski definition) is 1. The zero-order chi connectivity index (χ0) is 18.7. The molecule has 10 heteroatoms. The van der Waals surface area contributed by atoms with E-state index in [1.807, 2.05) is 12.3 Å². The van der Waals surface area contributed by atoms with Crippen molar-refractivity contribution >= 4 is 46.3 Å². The predicted molar refractivity (Wildman–Crippen MR) is 99.3 cm³/mol. The number of hydrogen-bond acceptors (Lipinski definition) is 7. The van der Waals surface area contributed by atoms with E-state index in [-0.39, 0.29) is 10.9 Å². The first kappa shape index (κ1) is 18.8. The number of nitrogens with zero attached hydrogens (tertiary/aromatic N) is 3. The average Bonchev–Trinajstić information content (AvgIpc) is 3.20. The summed E-state index contributed by atoms with van der Waals surface area (Å²) in [5, 5.41) is 13.3. The molecule has 0 fully saturated rings. The van der Waals surface area contributed by atoms with Crippen LogP contribution in [0.4, 0.5) is 10.1 Å². The summed E-state index contributed by atoms with van der Waals surface area (Å²) >= 11 is 8.40. The third-order valence-electron chi connectivity index (χ3n) is 3.28. The molecule has 6 nitrogen and oxygen atoms in total. The van der Waals surface area contributed by atoms with Crippen molar-refractivity contribution in [1.82, 2.24) is 15.2 Å².